The van der Waals surface area contributed by atoms with Crippen LogP contribution in [0.4, 0.5) is 0 Å². The van der Waals surface area contributed by atoms with Crippen molar-refractivity contribution in [2.45, 2.75) is 143 Å². The Morgan fingerprint density at radius 1 is 0.679 bits per heavy atom. The summed E-state index contributed by atoms with van der Waals surface area (Å²) >= 11 is 0. The van der Waals surface area contributed by atoms with Crippen molar-refractivity contribution in [3.8, 4) is 0 Å². The summed E-state index contributed by atoms with van der Waals surface area (Å²) in [5.41, 5.74) is -0.490. The largest absolute Gasteiger partial charge is 0.234 e. The highest BCUT2D eigenvalue weighted by molar-refractivity contribution is 4.83. The number of hydrogen-bond donors (Lipinski definition) is 0. The highest BCUT2D eigenvalue weighted by Gasteiger charge is 2.46. The van der Waals surface area contributed by atoms with Crippen molar-refractivity contribution in [2.24, 2.45) is 11.8 Å². The summed E-state index contributed by atoms with van der Waals surface area (Å²) in [6.07, 6.45) is 10.7. The van der Waals surface area contributed by atoms with Crippen molar-refractivity contribution >= 4 is 0 Å². The molecule has 28 heavy (non-hydrogen) atoms. The SMILES string of the molecule is CCCC(CC)(CC)OOC1(OOC(CC)(CC)CCC)CC(C)CC(C)C1. The monoisotopic (exact) mass is 400 g/mol. The van der Waals surface area contributed by atoms with Gasteiger partial charge >= 0.3 is 0 Å². The van der Waals surface area contributed by atoms with E-state index in [1.165, 1.54) is 6.42 Å². The first-order chi connectivity index (χ1) is 13.3. The lowest BCUT2D eigenvalue weighted by atomic mass is 9.79. The highest BCUT2D eigenvalue weighted by atomic mass is 17.3. The van der Waals surface area contributed by atoms with Gasteiger partial charge < -0.3 is 0 Å². The fraction of sp³-hybridized carbons (Fsp3) is 1.00. The van der Waals surface area contributed by atoms with E-state index >= 15 is 0 Å². The molecule has 0 aromatic rings. The molecule has 2 unspecified atom stereocenters. The first kappa shape index (κ1) is 25.9. The van der Waals surface area contributed by atoms with E-state index in [-0.39, 0.29) is 11.2 Å². The van der Waals surface area contributed by atoms with Gasteiger partial charge in [-0.25, -0.2) is 9.78 Å². The lowest BCUT2D eigenvalue weighted by Crippen LogP contribution is -2.48. The Bertz CT molecular complexity index is 377. The minimum Gasteiger partial charge on any atom is -0.227 e. The Morgan fingerprint density at radius 2 is 1.04 bits per heavy atom. The average molecular weight is 401 g/mol. The van der Waals surface area contributed by atoms with Crippen LogP contribution in [0.3, 0.4) is 0 Å². The third-order valence-corrected chi connectivity index (χ3v) is 6.85. The summed E-state index contributed by atoms with van der Waals surface area (Å²) in [6, 6.07) is 0. The van der Waals surface area contributed by atoms with Crippen LogP contribution in [0, 0.1) is 11.8 Å². The van der Waals surface area contributed by atoms with Crippen LogP contribution in [0.2, 0.25) is 0 Å². The molecule has 4 nitrogen and oxygen atoms in total. The molecule has 0 aliphatic heterocycles. The van der Waals surface area contributed by atoms with Crippen molar-refractivity contribution in [1.29, 1.82) is 0 Å². The molecule has 4 heteroatoms. The molecule has 0 N–H and O–H groups in total. The Hall–Kier alpha value is -0.160. The van der Waals surface area contributed by atoms with Crippen molar-refractivity contribution < 1.29 is 19.6 Å². The molecule has 1 saturated carbocycles. The van der Waals surface area contributed by atoms with Crippen LogP contribution in [0.5, 0.6) is 0 Å². The summed E-state index contributed by atoms with van der Waals surface area (Å²) in [4.78, 5) is 24.8. The van der Waals surface area contributed by atoms with Gasteiger partial charge in [0.05, 0.1) is 0 Å². The van der Waals surface area contributed by atoms with E-state index in [1.54, 1.807) is 0 Å². The van der Waals surface area contributed by atoms with Crippen LogP contribution in [-0.4, -0.2) is 17.0 Å². The molecule has 0 aromatic carbocycles. The molecule has 0 heterocycles. The van der Waals surface area contributed by atoms with Crippen LogP contribution < -0.4 is 0 Å². The first-order valence-electron chi connectivity index (χ1n) is 12.0. The number of rotatable bonds is 14. The van der Waals surface area contributed by atoms with Crippen LogP contribution in [0.1, 0.15) is 126 Å². The van der Waals surface area contributed by atoms with Gasteiger partial charge in [0, 0.05) is 12.8 Å². The molecule has 0 spiro atoms. The molecule has 0 aromatic heterocycles. The molecule has 0 amide bonds. The topological polar surface area (TPSA) is 36.9 Å². The highest BCUT2D eigenvalue weighted by Crippen LogP contribution is 2.43. The summed E-state index contributed by atoms with van der Waals surface area (Å²) < 4.78 is 0. The van der Waals surface area contributed by atoms with Gasteiger partial charge in [0.2, 0.25) is 5.79 Å². The second-order valence-electron chi connectivity index (χ2n) is 9.38. The second-order valence-corrected chi connectivity index (χ2v) is 9.38. The van der Waals surface area contributed by atoms with Gasteiger partial charge in [-0.15, -0.1) is 0 Å². The lowest BCUT2D eigenvalue weighted by Gasteiger charge is -2.44. The molecule has 0 saturated heterocycles. The van der Waals surface area contributed by atoms with Crippen molar-refractivity contribution in [3.63, 3.8) is 0 Å². The summed E-state index contributed by atoms with van der Waals surface area (Å²) in [7, 11) is 0. The third kappa shape index (κ3) is 6.97. The smallest absolute Gasteiger partial charge is 0.227 e. The van der Waals surface area contributed by atoms with Crippen molar-refractivity contribution in [2.75, 3.05) is 0 Å². The lowest BCUT2D eigenvalue weighted by molar-refractivity contribution is -0.556. The van der Waals surface area contributed by atoms with E-state index in [2.05, 4.69) is 55.4 Å². The molecule has 0 radical (unpaired) electrons. The van der Waals surface area contributed by atoms with E-state index in [4.69, 9.17) is 19.6 Å². The number of hydrogen-bond acceptors (Lipinski definition) is 4. The van der Waals surface area contributed by atoms with E-state index in [0.717, 1.165) is 64.2 Å². The zero-order valence-corrected chi connectivity index (χ0v) is 20.1. The molecular formula is C24H48O4. The van der Waals surface area contributed by atoms with Gasteiger partial charge in [-0.05, 0) is 56.8 Å². The van der Waals surface area contributed by atoms with Gasteiger partial charge in [0.1, 0.15) is 11.2 Å². The van der Waals surface area contributed by atoms with Crippen LogP contribution in [0.15, 0.2) is 0 Å². The maximum atomic E-state index is 6.23. The maximum absolute atomic E-state index is 6.23. The van der Waals surface area contributed by atoms with Crippen molar-refractivity contribution in [3.05, 3.63) is 0 Å². The van der Waals surface area contributed by atoms with E-state index < -0.39 is 5.79 Å². The Kier molecular flexibility index (Phi) is 11.0. The van der Waals surface area contributed by atoms with Gasteiger partial charge in [0.25, 0.3) is 0 Å². The van der Waals surface area contributed by atoms with Crippen LogP contribution in [-0.2, 0) is 19.6 Å². The standard InChI is InChI=1S/C24H48O4/c1-9-15-22(11-3,12-4)25-27-24(18-20(7)17-21(8)19-24)28-26-23(13-5,14-6)16-10-2/h20-21H,9-19H2,1-8H3. The second kappa shape index (κ2) is 11.9. The fourth-order valence-corrected chi connectivity index (χ4v) is 4.91. The van der Waals surface area contributed by atoms with Crippen LogP contribution in [0.25, 0.3) is 0 Å². The minimum absolute atomic E-state index is 0.245. The summed E-state index contributed by atoms with van der Waals surface area (Å²) in [5, 5.41) is 0. The predicted octanol–water partition coefficient (Wildman–Crippen LogP) is 7.75. The molecule has 1 fully saturated rings. The molecule has 168 valence electrons. The van der Waals surface area contributed by atoms with Gasteiger partial charge in [-0.1, -0.05) is 68.2 Å². The first-order valence-corrected chi connectivity index (χ1v) is 12.0. The van der Waals surface area contributed by atoms with Crippen molar-refractivity contribution in [1.82, 2.24) is 0 Å². The Morgan fingerprint density at radius 3 is 1.32 bits per heavy atom. The normalized spacial score (nSPS) is 23.1. The third-order valence-electron chi connectivity index (χ3n) is 6.85. The van der Waals surface area contributed by atoms with E-state index in [1.807, 2.05) is 0 Å². The molecule has 1 rings (SSSR count). The molecule has 1 aliphatic carbocycles. The molecule has 1 aliphatic rings. The summed E-state index contributed by atoms with van der Waals surface area (Å²) in [5.74, 6) is 0.219. The molecular weight excluding hydrogens is 352 g/mol. The maximum Gasteiger partial charge on any atom is 0.234 e. The minimum atomic E-state index is -0.816. The quantitative estimate of drug-likeness (QED) is 0.170. The van der Waals surface area contributed by atoms with Gasteiger partial charge in [-0.2, -0.15) is 9.78 Å². The summed E-state index contributed by atoms with van der Waals surface area (Å²) in [6.45, 7) is 17.7. The Labute approximate surface area is 174 Å². The zero-order valence-electron chi connectivity index (χ0n) is 20.1. The average Bonchev–Trinajstić information content (AvgIpc) is 2.68. The Balaban J connectivity index is 3.00. The van der Waals surface area contributed by atoms with Gasteiger partial charge in [0.15, 0.2) is 0 Å². The molecule has 0 bridgehead atoms. The van der Waals surface area contributed by atoms with E-state index in [9.17, 15) is 0 Å². The fourth-order valence-electron chi connectivity index (χ4n) is 4.91. The van der Waals surface area contributed by atoms with Crippen LogP contribution >= 0.6 is 0 Å². The predicted molar refractivity (Wildman–Crippen MR) is 116 cm³/mol. The zero-order chi connectivity index (χ0) is 21.3. The van der Waals surface area contributed by atoms with Gasteiger partial charge in [-0.3, -0.25) is 0 Å². The van der Waals surface area contributed by atoms with E-state index in [0.29, 0.717) is 11.8 Å². The molecule has 2 atom stereocenters.